The van der Waals surface area contributed by atoms with Crippen molar-refractivity contribution in [2.75, 3.05) is 0 Å². The predicted octanol–water partition coefficient (Wildman–Crippen LogP) is 0.174. The molecule has 2 aliphatic rings. The summed E-state index contributed by atoms with van der Waals surface area (Å²) in [6, 6.07) is 0. The molecule has 2 aliphatic carbocycles. The quantitative estimate of drug-likeness (QED) is 0.384. The van der Waals surface area contributed by atoms with Crippen molar-refractivity contribution in [2.24, 2.45) is 11.5 Å². The standard InChI is InChI=1S/C8H12N2O5/c9-7(1-2-7)14-5(11)13-6(12)15-8(10)3-4-8/h1-4,9-10H2. The lowest BCUT2D eigenvalue weighted by atomic mass is 10.6. The monoisotopic (exact) mass is 216 g/mol. The molecule has 0 aromatic carbocycles. The Morgan fingerprint density at radius 2 is 1.20 bits per heavy atom. The zero-order valence-corrected chi connectivity index (χ0v) is 8.02. The zero-order chi connectivity index (χ0) is 11.1. The first-order chi connectivity index (χ1) is 6.91. The maximum Gasteiger partial charge on any atom is 0.520 e. The van der Waals surface area contributed by atoms with Gasteiger partial charge in [-0.1, -0.05) is 0 Å². The molecule has 0 atom stereocenters. The highest BCUT2D eigenvalue weighted by atomic mass is 16.8. The summed E-state index contributed by atoms with van der Waals surface area (Å²) in [7, 11) is 0. The van der Waals surface area contributed by atoms with E-state index < -0.39 is 23.8 Å². The van der Waals surface area contributed by atoms with Crippen molar-refractivity contribution in [1.82, 2.24) is 0 Å². The summed E-state index contributed by atoms with van der Waals surface area (Å²) in [5.41, 5.74) is 9.00. The van der Waals surface area contributed by atoms with Crippen LogP contribution in [0.1, 0.15) is 25.7 Å². The maximum atomic E-state index is 10.9. The van der Waals surface area contributed by atoms with Crippen molar-refractivity contribution in [1.29, 1.82) is 0 Å². The number of ether oxygens (including phenoxy) is 3. The summed E-state index contributed by atoms with van der Waals surface area (Å²) >= 11 is 0. The maximum absolute atomic E-state index is 10.9. The van der Waals surface area contributed by atoms with Gasteiger partial charge in [-0.05, 0) is 0 Å². The first-order valence-corrected chi connectivity index (χ1v) is 4.62. The Labute approximate surface area is 85.6 Å². The summed E-state index contributed by atoms with van der Waals surface area (Å²) in [4.78, 5) is 21.9. The Morgan fingerprint density at radius 3 is 1.47 bits per heavy atom. The third kappa shape index (κ3) is 2.80. The van der Waals surface area contributed by atoms with E-state index in [1.54, 1.807) is 0 Å². The average Bonchev–Trinajstić information content (AvgIpc) is 2.94. The number of hydrogen-bond acceptors (Lipinski definition) is 7. The molecule has 0 unspecified atom stereocenters. The van der Waals surface area contributed by atoms with Crippen molar-refractivity contribution in [2.45, 2.75) is 37.1 Å². The van der Waals surface area contributed by atoms with Crippen molar-refractivity contribution >= 4 is 12.3 Å². The Morgan fingerprint density at radius 1 is 0.867 bits per heavy atom. The van der Waals surface area contributed by atoms with E-state index in [0.717, 1.165) is 0 Å². The molecule has 84 valence electrons. The molecule has 15 heavy (non-hydrogen) atoms. The third-order valence-corrected chi connectivity index (χ3v) is 2.23. The molecule has 4 N–H and O–H groups in total. The highest BCUT2D eigenvalue weighted by molar-refractivity contribution is 5.77. The van der Waals surface area contributed by atoms with Crippen LogP contribution in [0.25, 0.3) is 0 Å². The Bertz CT molecular complexity index is 278. The SMILES string of the molecule is NC1(OC(=O)OC(=O)OC2(N)CC2)CC1. The molecule has 0 amide bonds. The van der Waals surface area contributed by atoms with Crippen LogP contribution in [-0.2, 0) is 14.2 Å². The molecule has 0 bridgehead atoms. The second kappa shape index (κ2) is 3.07. The lowest BCUT2D eigenvalue weighted by Crippen LogP contribution is -2.33. The van der Waals surface area contributed by atoms with Gasteiger partial charge < -0.3 is 14.2 Å². The normalized spacial score (nSPS) is 23.9. The number of rotatable bonds is 2. The summed E-state index contributed by atoms with van der Waals surface area (Å²) in [5, 5.41) is 0. The van der Waals surface area contributed by atoms with Crippen molar-refractivity contribution in [3.63, 3.8) is 0 Å². The van der Waals surface area contributed by atoms with E-state index in [4.69, 9.17) is 11.5 Å². The van der Waals surface area contributed by atoms with Crippen LogP contribution in [0.2, 0.25) is 0 Å². The molecule has 7 nitrogen and oxygen atoms in total. The highest BCUT2D eigenvalue weighted by Crippen LogP contribution is 2.35. The third-order valence-electron chi connectivity index (χ3n) is 2.23. The molecule has 0 saturated heterocycles. The van der Waals surface area contributed by atoms with E-state index in [1.807, 2.05) is 0 Å². The van der Waals surface area contributed by atoms with E-state index >= 15 is 0 Å². The van der Waals surface area contributed by atoms with E-state index in [0.29, 0.717) is 25.7 Å². The Hall–Kier alpha value is -1.34. The van der Waals surface area contributed by atoms with Gasteiger partial charge in [-0.3, -0.25) is 11.5 Å². The van der Waals surface area contributed by atoms with Crippen molar-refractivity contribution in [3.05, 3.63) is 0 Å². The van der Waals surface area contributed by atoms with Crippen LogP contribution < -0.4 is 11.5 Å². The van der Waals surface area contributed by atoms with Crippen LogP contribution >= 0.6 is 0 Å². The number of carbonyl (C=O) groups is 2. The van der Waals surface area contributed by atoms with Crippen LogP contribution in [0, 0.1) is 0 Å². The van der Waals surface area contributed by atoms with Gasteiger partial charge in [0.05, 0.1) is 0 Å². The molecule has 0 aromatic heterocycles. The summed E-state index contributed by atoms with van der Waals surface area (Å²) in [5.74, 6) is 0. The minimum atomic E-state index is -1.15. The van der Waals surface area contributed by atoms with Crippen LogP contribution in [0.3, 0.4) is 0 Å². The molecular weight excluding hydrogens is 204 g/mol. The van der Waals surface area contributed by atoms with Crippen molar-refractivity contribution < 1.29 is 23.8 Å². The summed E-state index contributed by atoms with van der Waals surface area (Å²) in [6.45, 7) is 0. The Balaban J connectivity index is 1.71. The number of hydrogen-bond donors (Lipinski definition) is 2. The van der Waals surface area contributed by atoms with Crippen molar-refractivity contribution in [3.8, 4) is 0 Å². The van der Waals surface area contributed by atoms with Gasteiger partial charge >= 0.3 is 12.3 Å². The topological polar surface area (TPSA) is 114 Å². The second-order valence-electron chi connectivity index (χ2n) is 3.94. The van der Waals surface area contributed by atoms with Gasteiger partial charge in [-0.15, -0.1) is 0 Å². The molecule has 2 fully saturated rings. The zero-order valence-electron chi connectivity index (χ0n) is 8.02. The van der Waals surface area contributed by atoms with E-state index in [2.05, 4.69) is 14.2 Å². The molecule has 0 aliphatic heterocycles. The minimum Gasteiger partial charge on any atom is -0.412 e. The van der Waals surface area contributed by atoms with E-state index in [9.17, 15) is 9.59 Å². The van der Waals surface area contributed by atoms with Gasteiger partial charge in [0.2, 0.25) is 0 Å². The second-order valence-corrected chi connectivity index (χ2v) is 3.94. The van der Waals surface area contributed by atoms with Gasteiger partial charge in [-0.25, -0.2) is 9.59 Å². The molecule has 0 aromatic rings. The molecule has 0 heterocycles. The van der Waals surface area contributed by atoms with Crippen LogP contribution in [-0.4, -0.2) is 23.8 Å². The largest absolute Gasteiger partial charge is 0.520 e. The smallest absolute Gasteiger partial charge is 0.412 e. The first-order valence-electron chi connectivity index (χ1n) is 4.62. The van der Waals surface area contributed by atoms with Gasteiger partial charge in [0, 0.05) is 25.7 Å². The lowest BCUT2D eigenvalue weighted by molar-refractivity contribution is -0.00664. The van der Waals surface area contributed by atoms with E-state index in [-0.39, 0.29) is 0 Å². The summed E-state index contributed by atoms with van der Waals surface area (Å²) < 4.78 is 13.5. The fourth-order valence-electron chi connectivity index (χ4n) is 0.892. The molecule has 2 rings (SSSR count). The first kappa shape index (κ1) is 10.2. The fraction of sp³-hybridized carbons (Fsp3) is 0.750. The molecule has 2 saturated carbocycles. The number of carbonyl (C=O) groups excluding carboxylic acids is 2. The lowest BCUT2D eigenvalue weighted by Gasteiger charge is -2.12. The van der Waals surface area contributed by atoms with Gasteiger partial charge in [0.25, 0.3) is 0 Å². The molecule has 0 spiro atoms. The fourth-order valence-corrected chi connectivity index (χ4v) is 0.892. The van der Waals surface area contributed by atoms with Gasteiger partial charge in [0.15, 0.2) is 11.4 Å². The van der Waals surface area contributed by atoms with Crippen LogP contribution in [0.15, 0.2) is 0 Å². The molecular formula is C8H12N2O5. The minimum absolute atomic E-state index is 0.567. The van der Waals surface area contributed by atoms with Crippen LogP contribution in [0.5, 0.6) is 0 Å². The number of nitrogens with two attached hydrogens (primary N) is 2. The highest BCUT2D eigenvalue weighted by Gasteiger charge is 2.46. The molecule has 0 radical (unpaired) electrons. The average molecular weight is 216 g/mol. The van der Waals surface area contributed by atoms with Crippen LogP contribution in [0.4, 0.5) is 9.59 Å². The van der Waals surface area contributed by atoms with Gasteiger partial charge in [0.1, 0.15) is 0 Å². The predicted molar refractivity (Wildman–Crippen MR) is 46.4 cm³/mol. The Kier molecular flexibility index (Phi) is 2.09. The van der Waals surface area contributed by atoms with Gasteiger partial charge in [-0.2, -0.15) is 0 Å². The van der Waals surface area contributed by atoms with E-state index in [1.165, 1.54) is 0 Å². The summed E-state index contributed by atoms with van der Waals surface area (Å²) in [6.07, 6.45) is -0.0279. The molecule has 7 heteroatoms.